The van der Waals surface area contributed by atoms with Crippen LogP contribution in [0.25, 0.3) is 6.08 Å². The Hall–Kier alpha value is -2.94. The van der Waals surface area contributed by atoms with E-state index in [0.717, 1.165) is 0 Å². The maximum absolute atomic E-state index is 11.9. The lowest BCUT2D eigenvalue weighted by Crippen LogP contribution is -2.51. The van der Waals surface area contributed by atoms with E-state index in [1.165, 1.54) is 25.1 Å². The van der Waals surface area contributed by atoms with Crippen molar-refractivity contribution in [2.24, 2.45) is 0 Å². The van der Waals surface area contributed by atoms with Crippen molar-refractivity contribution in [2.45, 2.75) is 20.0 Å². The summed E-state index contributed by atoms with van der Waals surface area (Å²) in [7, 11) is 0. The lowest BCUT2D eigenvalue weighted by Gasteiger charge is -2.19. The minimum atomic E-state index is -1.36. The van der Waals surface area contributed by atoms with Crippen LogP contribution in [0.1, 0.15) is 19.4 Å². The highest BCUT2D eigenvalue weighted by Crippen LogP contribution is 2.30. The van der Waals surface area contributed by atoms with Crippen LogP contribution in [-0.2, 0) is 14.4 Å². The van der Waals surface area contributed by atoms with Gasteiger partial charge in [0.05, 0.1) is 12.6 Å². The molecule has 132 valence electrons. The summed E-state index contributed by atoms with van der Waals surface area (Å²) >= 11 is 4.73. The van der Waals surface area contributed by atoms with E-state index in [1.54, 1.807) is 13.0 Å². The van der Waals surface area contributed by atoms with Crippen LogP contribution in [0, 0.1) is 0 Å². The molecule has 0 spiro atoms. The van der Waals surface area contributed by atoms with Crippen molar-refractivity contribution < 1.29 is 29.0 Å². The summed E-state index contributed by atoms with van der Waals surface area (Å²) in [4.78, 5) is 34.5. The number of rotatable bonds is 6. The standard InChI is InChI=1S/C16H16N2O6S/c1-3-23-12-7-9(4-5-11(12)24-8(2)15(21)22)6-10-13(19)17-16(25)18-14(10)20/h4-8H,3H2,1-2H3,(H,21,22)(H2,17,18,19,20,25)/p-1/t8-/m1/s1. The molecular formula is C16H15N2O6S-. The molecule has 1 atom stereocenters. The number of hydrogen-bond donors (Lipinski definition) is 2. The second-order valence-corrected chi connectivity index (χ2v) is 5.42. The minimum absolute atomic E-state index is 0.0535. The molecule has 8 nitrogen and oxygen atoms in total. The van der Waals surface area contributed by atoms with Gasteiger partial charge in [-0.1, -0.05) is 6.07 Å². The quantitative estimate of drug-likeness (QED) is 0.398. The van der Waals surface area contributed by atoms with E-state index in [-0.39, 0.29) is 22.2 Å². The zero-order valence-electron chi connectivity index (χ0n) is 13.5. The van der Waals surface area contributed by atoms with Crippen LogP contribution in [0.5, 0.6) is 11.5 Å². The van der Waals surface area contributed by atoms with Gasteiger partial charge in [-0.25, -0.2) is 0 Å². The first kappa shape index (κ1) is 18.4. The van der Waals surface area contributed by atoms with E-state index in [9.17, 15) is 19.5 Å². The van der Waals surface area contributed by atoms with Gasteiger partial charge in [-0.05, 0) is 49.8 Å². The Morgan fingerprint density at radius 2 is 1.92 bits per heavy atom. The predicted molar refractivity (Wildman–Crippen MR) is 89.6 cm³/mol. The topological polar surface area (TPSA) is 117 Å². The highest BCUT2D eigenvalue weighted by atomic mass is 32.1. The van der Waals surface area contributed by atoms with E-state index in [0.29, 0.717) is 12.2 Å². The molecular weight excluding hydrogens is 348 g/mol. The van der Waals surface area contributed by atoms with Crippen LogP contribution in [0.15, 0.2) is 23.8 Å². The number of carboxylic acid groups (broad SMARTS) is 1. The van der Waals surface area contributed by atoms with E-state index in [1.807, 2.05) is 0 Å². The highest BCUT2D eigenvalue weighted by Gasteiger charge is 2.25. The number of aliphatic carboxylic acids is 1. The molecule has 2 rings (SSSR count). The maximum Gasteiger partial charge on any atom is 0.263 e. The summed E-state index contributed by atoms with van der Waals surface area (Å²) in [5, 5.41) is 15.4. The molecule has 0 bridgehead atoms. The lowest BCUT2D eigenvalue weighted by atomic mass is 10.1. The molecule has 0 radical (unpaired) electrons. The van der Waals surface area contributed by atoms with Gasteiger partial charge in [-0.15, -0.1) is 0 Å². The molecule has 0 aromatic heterocycles. The van der Waals surface area contributed by atoms with Gasteiger partial charge in [0.2, 0.25) is 0 Å². The fourth-order valence-electron chi connectivity index (χ4n) is 1.99. The molecule has 1 aromatic carbocycles. The Balaban J connectivity index is 2.33. The molecule has 1 heterocycles. The van der Waals surface area contributed by atoms with Crippen LogP contribution < -0.4 is 25.2 Å². The van der Waals surface area contributed by atoms with Crippen molar-refractivity contribution in [3.8, 4) is 11.5 Å². The number of carbonyl (C=O) groups is 3. The highest BCUT2D eigenvalue weighted by molar-refractivity contribution is 7.80. The third-order valence-electron chi connectivity index (χ3n) is 3.16. The smallest absolute Gasteiger partial charge is 0.263 e. The van der Waals surface area contributed by atoms with Crippen molar-refractivity contribution in [3.63, 3.8) is 0 Å². The first-order chi connectivity index (χ1) is 11.8. The van der Waals surface area contributed by atoms with Crippen LogP contribution >= 0.6 is 12.2 Å². The van der Waals surface area contributed by atoms with Crippen LogP contribution in [0.4, 0.5) is 0 Å². The van der Waals surface area contributed by atoms with Crippen LogP contribution in [-0.4, -0.2) is 35.6 Å². The Labute approximate surface area is 148 Å². The molecule has 1 fully saturated rings. The average molecular weight is 363 g/mol. The van der Waals surface area contributed by atoms with Crippen molar-refractivity contribution in [3.05, 3.63) is 29.3 Å². The number of nitrogens with one attached hydrogen (secondary N) is 2. The summed E-state index contributed by atoms with van der Waals surface area (Å²) in [6, 6.07) is 4.57. The fourth-order valence-corrected chi connectivity index (χ4v) is 2.18. The largest absolute Gasteiger partial charge is 0.546 e. The SMILES string of the molecule is CCOc1cc(C=C2C(=O)NC(=S)NC2=O)ccc1O[C@H](C)C(=O)[O-]. The fraction of sp³-hybridized carbons (Fsp3) is 0.250. The predicted octanol–water partition coefficient (Wildman–Crippen LogP) is -0.483. The second kappa shape index (κ2) is 7.75. The van der Waals surface area contributed by atoms with E-state index in [4.69, 9.17) is 21.7 Å². The number of thiocarbonyl (C=S) groups is 1. The third-order valence-corrected chi connectivity index (χ3v) is 3.36. The molecule has 0 saturated carbocycles. The van der Waals surface area contributed by atoms with E-state index < -0.39 is 23.9 Å². The lowest BCUT2D eigenvalue weighted by molar-refractivity contribution is -0.312. The van der Waals surface area contributed by atoms with Crippen molar-refractivity contribution in [1.29, 1.82) is 0 Å². The third kappa shape index (κ3) is 4.54. The molecule has 1 aliphatic rings. The maximum atomic E-state index is 11.9. The van der Waals surface area contributed by atoms with E-state index >= 15 is 0 Å². The summed E-state index contributed by atoms with van der Waals surface area (Å²) < 4.78 is 10.7. The monoisotopic (exact) mass is 363 g/mol. The van der Waals surface area contributed by atoms with Gasteiger partial charge >= 0.3 is 0 Å². The van der Waals surface area contributed by atoms with Gasteiger partial charge in [0, 0.05) is 0 Å². The Kier molecular flexibility index (Phi) is 5.71. The Bertz CT molecular complexity index is 752. The number of amides is 2. The summed E-state index contributed by atoms with van der Waals surface area (Å²) in [5.74, 6) is -2.10. The number of benzene rings is 1. The second-order valence-electron chi connectivity index (χ2n) is 5.01. The zero-order chi connectivity index (χ0) is 18.6. The number of ether oxygens (including phenoxy) is 2. The number of carboxylic acids is 1. The van der Waals surface area contributed by atoms with Gasteiger partial charge in [-0.2, -0.15) is 0 Å². The molecule has 1 saturated heterocycles. The molecule has 25 heavy (non-hydrogen) atoms. The Morgan fingerprint density at radius 3 is 2.48 bits per heavy atom. The molecule has 1 aliphatic heterocycles. The summed E-state index contributed by atoms with van der Waals surface area (Å²) in [6.07, 6.45) is 0.195. The molecule has 2 amide bonds. The molecule has 0 aliphatic carbocycles. The van der Waals surface area contributed by atoms with Gasteiger partial charge in [0.15, 0.2) is 16.6 Å². The number of hydrogen-bond acceptors (Lipinski definition) is 7. The average Bonchev–Trinajstić information content (AvgIpc) is 2.53. The number of carbonyl (C=O) groups excluding carboxylic acids is 3. The minimum Gasteiger partial charge on any atom is -0.546 e. The van der Waals surface area contributed by atoms with Crippen molar-refractivity contribution in [1.82, 2.24) is 10.6 Å². The van der Waals surface area contributed by atoms with Gasteiger partial charge in [0.1, 0.15) is 11.7 Å². The van der Waals surface area contributed by atoms with Crippen LogP contribution in [0.3, 0.4) is 0 Å². The summed E-state index contributed by atoms with van der Waals surface area (Å²) in [6.45, 7) is 3.39. The summed E-state index contributed by atoms with van der Waals surface area (Å²) in [5.41, 5.74) is 0.373. The molecule has 9 heteroatoms. The van der Waals surface area contributed by atoms with Crippen molar-refractivity contribution in [2.75, 3.05) is 6.61 Å². The zero-order valence-corrected chi connectivity index (χ0v) is 14.3. The van der Waals surface area contributed by atoms with Gasteiger partial charge < -0.3 is 19.4 Å². The molecule has 2 N–H and O–H groups in total. The van der Waals surface area contributed by atoms with Crippen LogP contribution in [0.2, 0.25) is 0 Å². The van der Waals surface area contributed by atoms with Gasteiger partial charge in [0.25, 0.3) is 11.8 Å². The molecule has 1 aromatic rings. The molecule has 0 unspecified atom stereocenters. The van der Waals surface area contributed by atoms with Gasteiger partial charge in [-0.3, -0.25) is 20.2 Å². The normalized spacial score (nSPS) is 15.1. The van der Waals surface area contributed by atoms with E-state index in [2.05, 4.69) is 10.6 Å². The van der Waals surface area contributed by atoms with Crippen molar-refractivity contribution >= 4 is 41.2 Å². The first-order valence-electron chi connectivity index (χ1n) is 7.34. The Morgan fingerprint density at radius 1 is 1.28 bits per heavy atom. The first-order valence-corrected chi connectivity index (χ1v) is 7.75.